The number of nitriles is 1. The van der Waals surface area contributed by atoms with Gasteiger partial charge in [-0.2, -0.15) is 5.26 Å². The summed E-state index contributed by atoms with van der Waals surface area (Å²) in [6.07, 6.45) is 0. The van der Waals surface area contributed by atoms with E-state index in [2.05, 4.69) is 15.3 Å². The number of aromatic nitrogens is 2. The summed E-state index contributed by atoms with van der Waals surface area (Å²) in [5.74, 6) is 0.0268. The molecule has 0 saturated carbocycles. The number of carbonyl (C=O) groups is 1. The van der Waals surface area contributed by atoms with E-state index in [1.54, 1.807) is 36.4 Å². The Morgan fingerprint density at radius 2 is 1.93 bits per heavy atom. The molecule has 152 valence electrons. The van der Waals surface area contributed by atoms with Gasteiger partial charge in [-0.25, -0.2) is 9.37 Å². The number of hydrogen-bond donors (Lipinski definition) is 2. The average molecular weight is 424 g/mol. The van der Waals surface area contributed by atoms with E-state index in [1.165, 1.54) is 19.2 Å². The van der Waals surface area contributed by atoms with Crippen LogP contribution in [0.25, 0.3) is 11.3 Å². The molecule has 2 N–H and O–H groups in total. The Kier molecular flexibility index (Phi) is 6.83. The molecule has 0 spiro atoms. The van der Waals surface area contributed by atoms with Crippen LogP contribution in [0.15, 0.2) is 58.5 Å². The fourth-order valence-corrected chi connectivity index (χ4v) is 3.26. The second-order valence-electron chi connectivity index (χ2n) is 6.13. The van der Waals surface area contributed by atoms with Crippen LogP contribution in [0, 0.1) is 17.1 Å². The first kappa shape index (κ1) is 21.1. The number of nitrogens with one attached hydrogen (secondary N) is 2. The number of hydrogen-bond acceptors (Lipinski definition) is 6. The van der Waals surface area contributed by atoms with Crippen molar-refractivity contribution in [2.75, 3.05) is 12.9 Å². The summed E-state index contributed by atoms with van der Waals surface area (Å²) in [6.45, 7) is 0.258. The van der Waals surface area contributed by atoms with E-state index in [9.17, 15) is 19.2 Å². The highest BCUT2D eigenvalue weighted by atomic mass is 32.2. The van der Waals surface area contributed by atoms with Crippen molar-refractivity contribution in [1.29, 1.82) is 5.26 Å². The predicted molar refractivity (Wildman–Crippen MR) is 111 cm³/mol. The largest absolute Gasteiger partial charge is 0.497 e. The summed E-state index contributed by atoms with van der Waals surface area (Å²) in [4.78, 5) is 31.3. The van der Waals surface area contributed by atoms with Gasteiger partial charge in [0.1, 0.15) is 23.2 Å². The molecule has 0 saturated heterocycles. The summed E-state index contributed by atoms with van der Waals surface area (Å²) >= 11 is 1.04. The van der Waals surface area contributed by atoms with Crippen LogP contribution in [-0.4, -0.2) is 28.7 Å². The summed E-state index contributed by atoms with van der Waals surface area (Å²) < 4.78 is 18.0. The molecule has 1 amide bonds. The summed E-state index contributed by atoms with van der Waals surface area (Å²) in [7, 11) is 1.54. The third-order valence-corrected chi connectivity index (χ3v) is 4.99. The highest BCUT2D eigenvalue weighted by Crippen LogP contribution is 2.24. The zero-order valence-corrected chi connectivity index (χ0v) is 16.8. The lowest BCUT2D eigenvalue weighted by molar-refractivity contribution is -0.118. The molecule has 1 aromatic heterocycles. The molecule has 0 aliphatic heterocycles. The first-order chi connectivity index (χ1) is 14.5. The second-order valence-corrected chi connectivity index (χ2v) is 7.09. The number of carbonyl (C=O) groups excluding carboxylic acids is 1. The number of benzene rings is 2. The van der Waals surface area contributed by atoms with Crippen molar-refractivity contribution >= 4 is 17.7 Å². The van der Waals surface area contributed by atoms with E-state index >= 15 is 0 Å². The normalized spacial score (nSPS) is 10.3. The van der Waals surface area contributed by atoms with Crippen molar-refractivity contribution in [2.45, 2.75) is 11.7 Å². The van der Waals surface area contributed by atoms with E-state index in [0.717, 1.165) is 17.3 Å². The summed E-state index contributed by atoms with van der Waals surface area (Å²) in [5.41, 5.74) is 0.901. The molecule has 0 radical (unpaired) electrons. The van der Waals surface area contributed by atoms with Crippen molar-refractivity contribution in [3.8, 4) is 23.1 Å². The lowest BCUT2D eigenvalue weighted by Gasteiger charge is -2.08. The lowest BCUT2D eigenvalue weighted by Crippen LogP contribution is -2.25. The van der Waals surface area contributed by atoms with Crippen LogP contribution in [0.1, 0.15) is 11.1 Å². The minimum atomic E-state index is -0.576. The molecule has 3 rings (SSSR count). The van der Waals surface area contributed by atoms with Crippen molar-refractivity contribution in [1.82, 2.24) is 15.3 Å². The van der Waals surface area contributed by atoms with Crippen LogP contribution in [0.4, 0.5) is 4.39 Å². The number of halogens is 1. The molecule has 2 aromatic carbocycles. The Bertz CT molecular complexity index is 1140. The van der Waals surface area contributed by atoms with Crippen LogP contribution < -0.4 is 15.6 Å². The van der Waals surface area contributed by atoms with Gasteiger partial charge in [-0.05, 0) is 42.0 Å². The number of aromatic amines is 1. The van der Waals surface area contributed by atoms with Crippen molar-refractivity contribution < 1.29 is 13.9 Å². The quantitative estimate of drug-likeness (QED) is 0.446. The van der Waals surface area contributed by atoms with Crippen LogP contribution in [0.3, 0.4) is 0 Å². The van der Waals surface area contributed by atoms with Crippen LogP contribution >= 0.6 is 11.8 Å². The van der Waals surface area contributed by atoms with E-state index < -0.39 is 5.56 Å². The number of methoxy groups -OCH3 is 1. The molecule has 1 heterocycles. The molecule has 0 aliphatic carbocycles. The molecule has 0 bridgehead atoms. The number of ether oxygens (including phenoxy) is 1. The third-order valence-electron chi connectivity index (χ3n) is 4.12. The Morgan fingerprint density at radius 1 is 1.23 bits per heavy atom. The Labute approximate surface area is 175 Å². The maximum Gasteiger partial charge on any atom is 0.270 e. The highest BCUT2D eigenvalue weighted by Gasteiger charge is 2.14. The zero-order chi connectivity index (χ0) is 21.5. The monoisotopic (exact) mass is 424 g/mol. The number of amides is 1. The van der Waals surface area contributed by atoms with Gasteiger partial charge in [0.15, 0.2) is 5.16 Å². The predicted octanol–water partition coefficient (Wildman–Crippen LogP) is 2.86. The van der Waals surface area contributed by atoms with Gasteiger partial charge in [0.2, 0.25) is 5.91 Å². The fourth-order valence-electron chi connectivity index (χ4n) is 2.57. The van der Waals surface area contributed by atoms with Crippen molar-refractivity contribution in [3.05, 3.63) is 75.8 Å². The van der Waals surface area contributed by atoms with Crippen LogP contribution in [0.2, 0.25) is 0 Å². The Morgan fingerprint density at radius 3 is 2.57 bits per heavy atom. The molecule has 3 aromatic rings. The first-order valence-electron chi connectivity index (χ1n) is 8.83. The van der Waals surface area contributed by atoms with Crippen LogP contribution in [-0.2, 0) is 11.3 Å². The molecule has 0 atom stereocenters. The number of nitrogens with zero attached hydrogens (tertiary/aromatic N) is 2. The van der Waals surface area contributed by atoms with Gasteiger partial charge < -0.3 is 15.0 Å². The summed E-state index contributed by atoms with van der Waals surface area (Å²) in [5, 5.41) is 12.3. The molecule has 0 unspecified atom stereocenters. The molecule has 30 heavy (non-hydrogen) atoms. The zero-order valence-electron chi connectivity index (χ0n) is 15.9. The van der Waals surface area contributed by atoms with Gasteiger partial charge in [0.05, 0.1) is 18.6 Å². The highest BCUT2D eigenvalue weighted by molar-refractivity contribution is 7.99. The summed E-state index contributed by atoms with van der Waals surface area (Å²) in [6, 6.07) is 14.5. The lowest BCUT2D eigenvalue weighted by atomic mass is 10.1. The second kappa shape index (κ2) is 9.71. The van der Waals surface area contributed by atoms with Crippen molar-refractivity contribution in [2.24, 2.45) is 0 Å². The van der Waals surface area contributed by atoms with Gasteiger partial charge in [-0.15, -0.1) is 0 Å². The maximum absolute atomic E-state index is 12.9. The number of rotatable bonds is 7. The van der Waals surface area contributed by atoms with Crippen LogP contribution in [0.5, 0.6) is 5.75 Å². The fraction of sp³-hybridized carbons (Fsp3) is 0.143. The topological polar surface area (TPSA) is 108 Å². The third kappa shape index (κ3) is 5.24. The SMILES string of the molecule is COc1ccc(-c2nc(SCC(=O)NCc3ccc(F)cc3)[nH]c(=O)c2C#N)cc1. The van der Waals surface area contributed by atoms with Gasteiger partial charge in [0, 0.05) is 12.1 Å². The number of H-pyrrole nitrogens is 1. The van der Waals surface area contributed by atoms with E-state index in [-0.39, 0.29) is 40.4 Å². The Hall–Kier alpha value is -3.64. The number of thioether (sulfide) groups is 1. The van der Waals surface area contributed by atoms with Gasteiger partial charge in [-0.3, -0.25) is 9.59 Å². The Balaban J connectivity index is 1.70. The van der Waals surface area contributed by atoms with Crippen molar-refractivity contribution in [3.63, 3.8) is 0 Å². The molecule has 7 nitrogen and oxygen atoms in total. The van der Waals surface area contributed by atoms with E-state index in [0.29, 0.717) is 11.3 Å². The van der Waals surface area contributed by atoms with E-state index in [4.69, 9.17) is 4.74 Å². The van der Waals surface area contributed by atoms with Gasteiger partial charge in [0.25, 0.3) is 5.56 Å². The van der Waals surface area contributed by atoms with Gasteiger partial charge in [-0.1, -0.05) is 23.9 Å². The maximum atomic E-state index is 12.9. The molecular formula is C21H17FN4O3S. The molecule has 0 fully saturated rings. The molecular weight excluding hydrogens is 407 g/mol. The average Bonchev–Trinajstić information content (AvgIpc) is 2.77. The minimum Gasteiger partial charge on any atom is -0.497 e. The first-order valence-corrected chi connectivity index (χ1v) is 9.81. The molecule has 0 aliphatic rings. The smallest absolute Gasteiger partial charge is 0.270 e. The minimum absolute atomic E-state index is 0.0120. The molecule has 9 heteroatoms. The van der Waals surface area contributed by atoms with E-state index in [1.807, 2.05) is 6.07 Å². The standard InChI is InChI=1S/C21H17FN4O3S/c1-29-16-8-4-14(5-9-16)19-17(10-23)20(28)26-21(25-19)30-12-18(27)24-11-13-2-6-15(22)7-3-13/h2-9H,11-12H2,1H3,(H,24,27)(H,25,26,28). The van der Waals surface area contributed by atoms with Gasteiger partial charge >= 0.3 is 0 Å².